The largest absolute Gasteiger partial charge is 0.496 e. The number of nitrogens with zero attached hydrogens (tertiary/aromatic N) is 2. The minimum absolute atomic E-state index is 0.454. The molecule has 0 fully saturated rings. The third-order valence-corrected chi connectivity index (χ3v) is 3.42. The van der Waals surface area contributed by atoms with Crippen molar-refractivity contribution >= 4 is 0 Å². The summed E-state index contributed by atoms with van der Waals surface area (Å²) in [5.41, 5.74) is 1.67. The molecule has 0 radical (unpaired) electrons. The van der Waals surface area contributed by atoms with E-state index < -0.39 is 6.10 Å². The van der Waals surface area contributed by atoms with Gasteiger partial charge in [0.15, 0.2) is 5.75 Å². The van der Waals surface area contributed by atoms with Crippen LogP contribution >= 0.6 is 0 Å². The molecule has 0 saturated heterocycles. The molecule has 0 amide bonds. The summed E-state index contributed by atoms with van der Waals surface area (Å²) in [4.78, 5) is 0. The maximum absolute atomic E-state index is 10.6. The Bertz CT molecular complexity index is 581. The first kappa shape index (κ1) is 15.4. The number of rotatable bonds is 7. The van der Waals surface area contributed by atoms with Gasteiger partial charge in [-0.05, 0) is 18.1 Å². The van der Waals surface area contributed by atoms with Gasteiger partial charge in [0.25, 0.3) is 0 Å². The molecule has 5 nitrogen and oxygen atoms in total. The van der Waals surface area contributed by atoms with Crippen molar-refractivity contribution in [1.82, 2.24) is 9.78 Å². The van der Waals surface area contributed by atoms with Gasteiger partial charge < -0.3 is 14.6 Å². The lowest BCUT2D eigenvalue weighted by atomic mass is 10.0. The molecule has 1 N–H and O–H groups in total. The number of aliphatic hydroxyl groups excluding tert-OH is 1. The first-order valence-electron chi connectivity index (χ1n) is 7.10. The number of ether oxygens (including phenoxy) is 2. The molecule has 21 heavy (non-hydrogen) atoms. The Kier molecular flexibility index (Phi) is 5.22. The second-order valence-corrected chi connectivity index (χ2v) is 4.85. The van der Waals surface area contributed by atoms with E-state index in [0.29, 0.717) is 17.9 Å². The summed E-state index contributed by atoms with van der Waals surface area (Å²) in [6, 6.07) is 7.69. The third-order valence-electron chi connectivity index (χ3n) is 3.42. The van der Waals surface area contributed by atoms with Crippen LogP contribution in [0.1, 0.15) is 30.7 Å². The fourth-order valence-electron chi connectivity index (χ4n) is 2.44. The molecule has 1 aromatic heterocycles. The highest BCUT2D eigenvalue weighted by atomic mass is 16.5. The number of para-hydroxylation sites is 1. The topological polar surface area (TPSA) is 56.5 Å². The summed E-state index contributed by atoms with van der Waals surface area (Å²) in [6.07, 6.45) is 2.36. The monoisotopic (exact) mass is 290 g/mol. The Morgan fingerprint density at radius 3 is 2.57 bits per heavy atom. The smallest absolute Gasteiger partial charge is 0.162 e. The zero-order chi connectivity index (χ0) is 15.2. The van der Waals surface area contributed by atoms with Crippen molar-refractivity contribution in [3.63, 3.8) is 0 Å². The molecular weight excluding hydrogens is 268 g/mol. The normalized spacial score (nSPS) is 12.2. The molecule has 1 atom stereocenters. The Hall–Kier alpha value is -2.01. The number of methoxy groups -OCH3 is 2. The molecule has 0 aliphatic heterocycles. The molecule has 2 aromatic rings. The van der Waals surface area contributed by atoms with Gasteiger partial charge >= 0.3 is 0 Å². The van der Waals surface area contributed by atoms with E-state index >= 15 is 0 Å². The molecule has 2 rings (SSSR count). The zero-order valence-electron chi connectivity index (χ0n) is 12.7. The molecule has 5 heteroatoms. The molecular formula is C16H22N2O3. The fourth-order valence-corrected chi connectivity index (χ4v) is 2.44. The van der Waals surface area contributed by atoms with Gasteiger partial charge in [-0.2, -0.15) is 5.10 Å². The van der Waals surface area contributed by atoms with Crippen molar-refractivity contribution < 1.29 is 14.6 Å². The second kappa shape index (κ2) is 7.13. The zero-order valence-corrected chi connectivity index (χ0v) is 12.7. The molecule has 1 heterocycles. The molecule has 0 spiro atoms. The molecule has 0 aliphatic rings. The summed E-state index contributed by atoms with van der Waals surface area (Å²) in [5.74, 6) is 1.39. The van der Waals surface area contributed by atoms with E-state index in [1.165, 1.54) is 0 Å². The van der Waals surface area contributed by atoms with Gasteiger partial charge in [-0.3, -0.25) is 4.68 Å². The van der Waals surface area contributed by atoms with Crippen LogP contribution in [0, 0.1) is 0 Å². The predicted octanol–water partition coefficient (Wildman–Crippen LogP) is 2.59. The molecule has 0 saturated carbocycles. The van der Waals surface area contributed by atoms with Gasteiger partial charge in [0.05, 0.1) is 20.4 Å². The maximum Gasteiger partial charge on any atom is 0.162 e. The van der Waals surface area contributed by atoms with Crippen molar-refractivity contribution in [3.05, 3.63) is 41.7 Å². The summed E-state index contributed by atoms with van der Waals surface area (Å²) < 4.78 is 12.5. The molecule has 0 aliphatic carbocycles. The van der Waals surface area contributed by atoms with Gasteiger partial charge in [-0.1, -0.05) is 25.1 Å². The Morgan fingerprint density at radius 1 is 1.19 bits per heavy atom. The van der Waals surface area contributed by atoms with Crippen LogP contribution < -0.4 is 9.47 Å². The number of hydrogen-bond acceptors (Lipinski definition) is 4. The summed E-state index contributed by atoms with van der Waals surface area (Å²) in [7, 11) is 3.22. The van der Waals surface area contributed by atoms with Crippen LogP contribution in [0.25, 0.3) is 0 Å². The SMILES string of the molecule is CCCn1ncc(OC)c1C(O)Cc1ccccc1OC. The molecule has 0 bridgehead atoms. The first-order valence-corrected chi connectivity index (χ1v) is 7.10. The van der Waals surface area contributed by atoms with Crippen LogP contribution in [0.5, 0.6) is 11.5 Å². The highest BCUT2D eigenvalue weighted by molar-refractivity contribution is 5.36. The lowest BCUT2D eigenvalue weighted by Crippen LogP contribution is -2.12. The van der Waals surface area contributed by atoms with Gasteiger partial charge in [-0.15, -0.1) is 0 Å². The highest BCUT2D eigenvalue weighted by Gasteiger charge is 2.21. The predicted molar refractivity (Wildman–Crippen MR) is 80.7 cm³/mol. The van der Waals surface area contributed by atoms with Crippen LogP contribution in [-0.2, 0) is 13.0 Å². The van der Waals surface area contributed by atoms with Crippen LogP contribution in [0.15, 0.2) is 30.5 Å². The summed E-state index contributed by atoms with van der Waals surface area (Å²) in [6.45, 7) is 2.83. The maximum atomic E-state index is 10.6. The van der Waals surface area contributed by atoms with E-state index in [2.05, 4.69) is 12.0 Å². The molecule has 114 valence electrons. The van der Waals surface area contributed by atoms with E-state index in [9.17, 15) is 5.11 Å². The van der Waals surface area contributed by atoms with Crippen molar-refractivity contribution in [3.8, 4) is 11.5 Å². The molecule has 1 aromatic carbocycles. The Balaban J connectivity index is 2.27. The number of aryl methyl sites for hydroxylation is 1. The average molecular weight is 290 g/mol. The minimum atomic E-state index is -0.690. The molecule has 1 unspecified atom stereocenters. The highest BCUT2D eigenvalue weighted by Crippen LogP contribution is 2.30. The van der Waals surface area contributed by atoms with Crippen LogP contribution in [0.4, 0.5) is 0 Å². The fraction of sp³-hybridized carbons (Fsp3) is 0.438. The third kappa shape index (κ3) is 3.36. The minimum Gasteiger partial charge on any atom is -0.496 e. The van der Waals surface area contributed by atoms with E-state index in [0.717, 1.165) is 24.3 Å². The standard InChI is InChI=1S/C16H22N2O3/c1-4-9-18-16(15(21-3)11-17-18)13(19)10-12-7-5-6-8-14(12)20-2/h5-8,11,13,19H,4,9-10H2,1-3H3. The number of aromatic nitrogens is 2. The number of benzene rings is 1. The van der Waals surface area contributed by atoms with Gasteiger partial charge in [0, 0.05) is 13.0 Å². The van der Waals surface area contributed by atoms with E-state index in [1.807, 2.05) is 24.3 Å². The number of hydrogen-bond donors (Lipinski definition) is 1. The van der Waals surface area contributed by atoms with Crippen LogP contribution in [0.3, 0.4) is 0 Å². The van der Waals surface area contributed by atoms with E-state index in [4.69, 9.17) is 9.47 Å². The summed E-state index contributed by atoms with van der Waals surface area (Å²) in [5, 5.41) is 14.9. The van der Waals surface area contributed by atoms with Gasteiger partial charge in [0.2, 0.25) is 0 Å². The average Bonchev–Trinajstić information content (AvgIpc) is 2.91. The lowest BCUT2D eigenvalue weighted by Gasteiger charge is -2.16. The second-order valence-electron chi connectivity index (χ2n) is 4.85. The summed E-state index contributed by atoms with van der Waals surface area (Å²) >= 11 is 0. The van der Waals surface area contributed by atoms with Gasteiger partial charge in [0.1, 0.15) is 17.5 Å². The van der Waals surface area contributed by atoms with E-state index in [-0.39, 0.29) is 0 Å². The van der Waals surface area contributed by atoms with Crippen LogP contribution in [-0.4, -0.2) is 29.1 Å². The van der Waals surface area contributed by atoms with Crippen molar-refractivity contribution in [2.75, 3.05) is 14.2 Å². The van der Waals surface area contributed by atoms with Crippen molar-refractivity contribution in [2.24, 2.45) is 0 Å². The quantitative estimate of drug-likeness (QED) is 0.851. The lowest BCUT2D eigenvalue weighted by molar-refractivity contribution is 0.161. The van der Waals surface area contributed by atoms with E-state index in [1.54, 1.807) is 25.1 Å². The Morgan fingerprint density at radius 2 is 1.90 bits per heavy atom. The van der Waals surface area contributed by atoms with Crippen LogP contribution in [0.2, 0.25) is 0 Å². The first-order chi connectivity index (χ1) is 10.2. The van der Waals surface area contributed by atoms with Crippen molar-refractivity contribution in [1.29, 1.82) is 0 Å². The van der Waals surface area contributed by atoms with Gasteiger partial charge in [-0.25, -0.2) is 0 Å². The number of aliphatic hydroxyl groups is 1. The van der Waals surface area contributed by atoms with Crippen molar-refractivity contribution in [2.45, 2.75) is 32.4 Å². The Labute approximate surface area is 125 Å².